The number of nitroso groups, excluding NO2 is 1. The smallest absolute Gasteiger partial charge is 0.136 e. The third kappa shape index (κ3) is 3.51. The van der Waals surface area contributed by atoms with Crippen LogP contribution in [-0.2, 0) is 4.74 Å². The maximum Gasteiger partial charge on any atom is 0.136 e. The standard InChI is InChI=1S/C11H17N3O2/c1-10(2)4-7-16-9-14-6-5-13(3)11(14)8-12-15/h4-6,8H,7,9H2,1-3H3/b11-8+. The van der Waals surface area contributed by atoms with Gasteiger partial charge in [-0.15, -0.1) is 4.91 Å². The van der Waals surface area contributed by atoms with E-state index in [1.807, 2.05) is 49.2 Å². The fourth-order valence-electron chi connectivity index (χ4n) is 1.23. The van der Waals surface area contributed by atoms with E-state index in [1.165, 1.54) is 11.8 Å². The Balaban J connectivity index is 2.42. The second-order valence-electron chi connectivity index (χ2n) is 3.75. The Bertz CT molecular complexity index is 330. The average molecular weight is 223 g/mol. The van der Waals surface area contributed by atoms with Crippen LogP contribution in [0.5, 0.6) is 0 Å². The lowest BCUT2D eigenvalue weighted by Gasteiger charge is -2.20. The molecular weight excluding hydrogens is 206 g/mol. The van der Waals surface area contributed by atoms with Gasteiger partial charge in [-0.25, -0.2) is 0 Å². The Hall–Kier alpha value is -1.62. The summed E-state index contributed by atoms with van der Waals surface area (Å²) in [6.45, 7) is 5.02. The molecule has 0 aromatic carbocycles. The summed E-state index contributed by atoms with van der Waals surface area (Å²) in [5.41, 5.74) is 1.22. The van der Waals surface area contributed by atoms with Crippen LogP contribution in [0.3, 0.4) is 0 Å². The summed E-state index contributed by atoms with van der Waals surface area (Å²) in [5.74, 6) is 0.715. The molecule has 16 heavy (non-hydrogen) atoms. The molecule has 0 atom stereocenters. The SMILES string of the molecule is CC(C)=CCOCN1C=CN(C)/C1=C\N=O. The van der Waals surface area contributed by atoms with Crippen LogP contribution in [0, 0.1) is 4.91 Å². The first-order chi connectivity index (χ1) is 7.65. The minimum Gasteiger partial charge on any atom is -0.357 e. The van der Waals surface area contributed by atoms with E-state index in [2.05, 4.69) is 5.18 Å². The minimum absolute atomic E-state index is 0.409. The van der Waals surface area contributed by atoms with Gasteiger partial charge in [0, 0.05) is 19.4 Å². The molecule has 0 spiro atoms. The van der Waals surface area contributed by atoms with Crippen molar-refractivity contribution in [2.75, 3.05) is 20.4 Å². The molecule has 0 radical (unpaired) electrons. The molecule has 0 aromatic rings. The minimum atomic E-state index is 0.409. The third-order valence-electron chi connectivity index (χ3n) is 2.13. The third-order valence-corrected chi connectivity index (χ3v) is 2.13. The predicted molar refractivity (Wildman–Crippen MR) is 62.9 cm³/mol. The average Bonchev–Trinajstić information content (AvgIpc) is 2.56. The van der Waals surface area contributed by atoms with Crippen molar-refractivity contribution in [1.82, 2.24) is 9.80 Å². The lowest BCUT2D eigenvalue weighted by Crippen LogP contribution is -2.22. The van der Waals surface area contributed by atoms with Crippen LogP contribution in [0.4, 0.5) is 0 Å². The van der Waals surface area contributed by atoms with Crippen molar-refractivity contribution >= 4 is 0 Å². The van der Waals surface area contributed by atoms with E-state index >= 15 is 0 Å². The highest BCUT2D eigenvalue weighted by atomic mass is 16.5. The highest BCUT2D eigenvalue weighted by Crippen LogP contribution is 2.17. The van der Waals surface area contributed by atoms with E-state index in [0.29, 0.717) is 19.2 Å². The van der Waals surface area contributed by atoms with Gasteiger partial charge in [0.1, 0.15) is 18.8 Å². The zero-order valence-electron chi connectivity index (χ0n) is 9.88. The fourth-order valence-corrected chi connectivity index (χ4v) is 1.23. The molecule has 1 heterocycles. The Kier molecular flexibility index (Phi) is 4.72. The van der Waals surface area contributed by atoms with Gasteiger partial charge in [0.05, 0.1) is 6.61 Å². The second-order valence-corrected chi connectivity index (χ2v) is 3.75. The number of hydrogen-bond acceptors (Lipinski definition) is 5. The molecule has 1 aliphatic heterocycles. The Morgan fingerprint density at radius 1 is 1.50 bits per heavy atom. The van der Waals surface area contributed by atoms with Crippen LogP contribution in [0.1, 0.15) is 13.8 Å². The summed E-state index contributed by atoms with van der Waals surface area (Å²) in [6.07, 6.45) is 6.97. The lowest BCUT2D eigenvalue weighted by atomic mass is 10.3. The predicted octanol–water partition coefficient (Wildman–Crippen LogP) is 2.21. The van der Waals surface area contributed by atoms with Gasteiger partial charge in [-0.05, 0) is 19.0 Å². The number of rotatable bonds is 5. The zero-order valence-corrected chi connectivity index (χ0v) is 9.88. The molecular formula is C11H17N3O2. The number of allylic oxidation sites excluding steroid dienone is 1. The molecule has 5 nitrogen and oxygen atoms in total. The van der Waals surface area contributed by atoms with Crippen molar-refractivity contribution in [3.63, 3.8) is 0 Å². The molecule has 0 aliphatic carbocycles. The van der Waals surface area contributed by atoms with E-state index in [4.69, 9.17) is 4.74 Å². The molecule has 0 saturated heterocycles. The summed E-state index contributed by atoms with van der Waals surface area (Å²) in [7, 11) is 1.85. The normalized spacial score (nSPS) is 17.1. The maximum absolute atomic E-state index is 10.2. The van der Waals surface area contributed by atoms with E-state index in [1.54, 1.807) is 0 Å². The van der Waals surface area contributed by atoms with E-state index in [-0.39, 0.29) is 0 Å². The molecule has 0 saturated carbocycles. The second kappa shape index (κ2) is 6.07. The lowest BCUT2D eigenvalue weighted by molar-refractivity contribution is 0.0846. The number of nitrogens with zero attached hydrogens (tertiary/aromatic N) is 3. The van der Waals surface area contributed by atoms with E-state index < -0.39 is 0 Å². The van der Waals surface area contributed by atoms with Crippen molar-refractivity contribution in [3.8, 4) is 0 Å². The molecule has 0 fully saturated rings. The van der Waals surface area contributed by atoms with E-state index in [9.17, 15) is 4.91 Å². The quantitative estimate of drug-likeness (QED) is 0.407. The molecule has 0 aromatic heterocycles. The van der Waals surface area contributed by atoms with Gasteiger partial charge in [-0.1, -0.05) is 11.6 Å². The molecule has 0 unspecified atom stereocenters. The Morgan fingerprint density at radius 3 is 2.88 bits per heavy atom. The summed E-state index contributed by atoms with van der Waals surface area (Å²) < 4.78 is 5.44. The Morgan fingerprint density at radius 2 is 2.25 bits per heavy atom. The molecule has 5 heteroatoms. The Labute approximate surface area is 95.6 Å². The van der Waals surface area contributed by atoms with Crippen molar-refractivity contribution in [2.45, 2.75) is 13.8 Å². The maximum atomic E-state index is 10.2. The number of hydrogen-bond donors (Lipinski definition) is 0. The van der Waals surface area contributed by atoms with Crippen molar-refractivity contribution in [1.29, 1.82) is 0 Å². The summed E-state index contributed by atoms with van der Waals surface area (Å²) >= 11 is 0. The van der Waals surface area contributed by atoms with Gasteiger partial charge >= 0.3 is 0 Å². The number of ether oxygens (including phenoxy) is 1. The topological polar surface area (TPSA) is 45.1 Å². The van der Waals surface area contributed by atoms with Crippen molar-refractivity contribution in [3.05, 3.63) is 41.0 Å². The molecule has 0 amide bonds. The van der Waals surface area contributed by atoms with Gasteiger partial charge in [-0.2, -0.15) is 0 Å². The zero-order chi connectivity index (χ0) is 12.0. The first kappa shape index (κ1) is 12.4. The van der Waals surface area contributed by atoms with Gasteiger partial charge in [0.15, 0.2) is 0 Å². The first-order valence-corrected chi connectivity index (χ1v) is 5.06. The highest BCUT2D eigenvalue weighted by Gasteiger charge is 2.16. The van der Waals surface area contributed by atoms with E-state index in [0.717, 1.165) is 0 Å². The summed E-state index contributed by atoms with van der Waals surface area (Å²) in [5, 5.41) is 2.77. The van der Waals surface area contributed by atoms with Crippen LogP contribution in [-0.4, -0.2) is 30.2 Å². The van der Waals surface area contributed by atoms with Crippen LogP contribution in [0.2, 0.25) is 0 Å². The molecule has 0 N–H and O–H groups in total. The monoisotopic (exact) mass is 223 g/mol. The van der Waals surface area contributed by atoms with Crippen LogP contribution in [0.25, 0.3) is 0 Å². The summed E-state index contributed by atoms with van der Waals surface area (Å²) in [4.78, 5) is 13.8. The van der Waals surface area contributed by atoms with Crippen molar-refractivity contribution in [2.24, 2.45) is 5.18 Å². The molecule has 88 valence electrons. The molecule has 0 bridgehead atoms. The largest absolute Gasteiger partial charge is 0.357 e. The van der Waals surface area contributed by atoms with Gasteiger partial charge in [0.2, 0.25) is 0 Å². The van der Waals surface area contributed by atoms with Gasteiger partial charge in [-0.3, -0.25) is 0 Å². The summed E-state index contributed by atoms with van der Waals surface area (Å²) in [6, 6.07) is 0. The highest BCUT2D eigenvalue weighted by molar-refractivity contribution is 5.12. The van der Waals surface area contributed by atoms with Crippen molar-refractivity contribution < 1.29 is 4.74 Å². The van der Waals surface area contributed by atoms with Gasteiger partial charge < -0.3 is 14.5 Å². The van der Waals surface area contributed by atoms with Crippen LogP contribution >= 0.6 is 0 Å². The fraction of sp³-hybridized carbons (Fsp3) is 0.455. The first-order valence-electron chi connectivity index (χ1n) is 5.06. The molecule has 1 aliphatic rings. The molecule has 1 rings (SSSR count). The van der Waals surface area contributed by atoms with Crippen LogP contribution < -0.4 is 0 Å². The van der Waals surface area contributed by atoms with Gasteiger partial charge in [0.25, 0.3) is 0 Å². The van der Waals surface area contributed by atoms with Crippen LogP contribution in [0.15, 0.2) is 41.2 Å².